The second-order valence-electron chi connectivity index (χ2n) is 10.5. The Bertz CT molecular complexity index is 980. The molecule has 2 fully saturated rings. The van der Waals surface area contributed by atoms with Gasteiger partial charge in [0.05, 0.1) is 13.2 Å². The third kappa shape index (κ3) is 5.61. The Morgan fingerprint density at radius 3 is 2.48 bits per heavy atom. The first-order chi connectivity index (χ1) is 15.8. The number of carbonyl (C=O) groups is 2. The first-order valence-electron chi connectivity index (χ1n) is 12.0. The van der Waals surface area contributed by atoms with Crippen molar-refractivity contribution in [1.29, 1.82) is 0 Å². The molecule has 0 bridgehead atoms. The zero-order chi connectivity index (χ0) is 23.5. The van der Waals surface area contributed by atoms with Gasteiger partial charge in [-0.3, -0.25) is 14.6 Å². The molecule has 3 heterocycles. The van der Waals surface area contributed by atoms with E-state index in [1.807, 2.05) is 40.3 Å². The number of morpholine rings is 1. The summed E-state index contributed by atoms with van der Waals surface area (Å²) < 4.78 is 6.30. The number of aromatic nitrogens is 1. The molecule has 0 radical (unpaired) electrons. The molecule has 33 heavy (non-hydrogen) atoms. The Labute approximate surface area is 196 Å². The fraction of sp³-hybridized carbons (Fsp3) is 0.519. The van der Waals surface area contributed by atoms with Crippen LogP contribution in [0.15, 0.2) is 48.8 Å². The fourth-order valence-corrected chi connectivity index (χ4v) is 4.81. The molecular weight excluding hydrogens is 414 g/mol. The van der Waals surface area contributed by atoms with Crippen LogP contribution in [-0.2, 0) is 20.7 Å². The van der Waals surface area contributed by atoms with Crippen LogP contribution in [0.3, 0.4) is 0 Å². The predicted octanol–water partition coefficient (Wildman–Crippen LogP) is 3.95. The topological polar surface area (TPSA) is 62.7 Å². The highest BCUT2D eigenvalue weighted by atomic mass is 16.5. The summed E-state index contributed by atoms with van der Waals surface area (Å²) in [6, 6.07) is 12.2. The van der Waals surface area contributed by atoms with Gasteiger partial charge in [0.15, 0.2) is 5.60 Å². The number of hydrogen-bond donors (Lipinski definition) is 0. The van der Waals surface area contributed by atoms with Crippen molar-refractivity contribution in [3.05, 3.63) is 54.4 Å². The Balaban J connectivity index is 1.63. The number of pyridine rings is 1. The van der Waals surface area contributed by atoms with E-state index in [2.05, 4.69) is 37.9 Å². The first kappa shape index (κ1) is 23.4. The summed E-state index contributed by atoms with van der Waals surface area (Å²) in [6.07, 6.45) is 6.54. The number of amides is 2. The van der Waals surface area contributed by atoms with Gasteiger partial charge in [-0.2, -0.15) is 0 Å². The van der Waals surface area contributed by atoms with E-state index in [-0.39, 0.29) is 17.2 Å². The van der Waals surface area contributed by atoms with Gasteiger partial charge in [0.1, 0.15) is 0 Å². The Morgan fingerprint density at radius 2 is 1.79 bits per heavy atom. The molecule has 0 unspecified atom stereocenters. The normalized spacial score (nSPS) is 21.3. The third-order valence-electron chi connectivity index (χ3n) is 6.41. The maximum atomic E-state index is 13.8. The molecule has 0 saturated carbocycles. The standard InChI is InChI=1S/C27H35N3O3/c1-26(2,3)18-24(31)30-14-15-33-27(20-30,25(32)29-12-4-5-13-29)17-21-8-6-9-22(16-21)23-10-7-11-28-19-23/h6-11,16,19H,4-5,12-15,17-18,20H2,1-3H3/t27-/m0/s1. The van der Waals surface area contributed by atoms with Crippen molar-refractivity contribution < 1.29 is 14.3 Å². The third-order valence-corrected chi connectivity index (χ3v) is 6.41. The zero-order valence-electron chi connectivity index (χ0n) is 20.0. The molecule has 1 aromatic carbocycles. The van der Waals surface area contributed by atoms with Crippen molar-refractivity contribution in [2.75, 3.05) is 32.8 Å². The van der Waals surface area contributed by atoms with E-state index in [4.69, 9.17) is 4.74 Å². The van der Waals surface area contributed by atoms with Crippen LogP contribution in [0.25, 0.3) is 11.1 Å². The van der Waals surface area contributed by atoms with E-state index in [0.29, 0.717) is 32.5 Å². The lowest BCUT2D eigenvalue weighted by molar-refractivity contribution is -0.174. The first-order valence-corrected chi connectivity index (χ1v) is 12.0. The predicted molar refractivity (Wildman–Crippen MR) is 129 cm³/mol. The summed E-state index contributed by atoms with van der Waals surface area (Å²) in [4.78, 5) is 34.9. The lowest BCUT2D eigenvalue weighted by Crippen LogP contribution is -2.62. The summed E-state index contributed by atoms with van der Waals surface area (Å²) in [5, 5.41) is 0. The van der Waals surface area contributed by atoms with Crippen LogP contribution >= 0.6 is 0 Å². The van der Waals surface area contributed by atoms with Gasteiger partial charge in [-0.1, -0.05) is 51.1 Å². The molecule has 1 atom stereocenters. The van der Waals surface area contributed by atoms with Crippen molar-refractivity contribution in [3.8, 4) is 11.1 Å². The van der Waals surface area contributed by atoms with Gasteiger partial charge in [0.2, 0.25) is 5.91 Å². The molecule has 6 heteroatoms. The SMILES string of the molecule is CC(C)(C)CC(=O)N1CCO[C@](Cc2cccc(-c3cccnc3)c2)(C(=O)N2CCCC2)C1. The van der Waals surface area contributed by atoms with Crippen LogP contribution in [-0.4, -0.2) is 65.0 Å². The second kappa shape index (κ2) is 9.64. The number of rotatable bonds is 5. The van der Waals surface area contributed by atoms with Crippen molar-refractivity contribution >= 4 is 11.8 Å². The molecule has 2 amide bonds. The summed E-state index contributed by atoms with van der Waals surface area (Å²) in [7, 11) is 0. The highest BCUT2D eigenvalue weighted by molar-refractivity contribution is 5.88. The van der Waals surface area contributed by atoms with Crippen LogP contribution in [0, 0.1) is 5.41 Å². The molecule has 6 nitrogen and oxygen atoms in total. The second-order valence-corrected chi connectivity index (χ2v) is 10.5. The maximum Gasteiger partial charge on any atom is 0.257 e. The van der Waals surface area contributed by atoms with E-state index in [9.17, 15) is 9.59 Å². The number of nitrogens with zero attached hydrogens (tertiary/aromatic N) is 3. The lowest BCUT2D eigenvalue weighted by atomic mass is 9.88. The molecule has 0 aliphatic carbocycles. The molecular formula is C27H35N3O3. The van der Waals surface area contributed by atoms with E-state index >= 15 is 0 Å². The van der Waals surface area contributed by atoms with Crippen molar-refractivity contribution in [3.63, 3.8) is 0 Å². The van der Waals surface area contributed by atoms with Gasteiger partial charge in [-0.05, 0) is 41.0 Å². The smallest absolute Gasteiger partial charge is 0.257 e. The number of benzene rings is 1. The molecule has 0 spiro atoms. The van der Waals surface area contributed by atoms with E-state index < -0.39 is 5.60 Å². The van der Waals surface area contributed by atoms with Crippen LogP contribution < -0.4 is 0 Å². The largest absolute Gasteiger partial charge is 0.361 e. The average Bonchev–Trinajstić information content (AvgIpc) is 3.33. The molecule has 2 saturated heterocycles. The molecule has 4 rings (SSSR count). The highest BCUT2D eigenvalue weighted by Crippen LogP contribution is 2.31. The number of likely N-dealkylation sites (tertiary alicyclic amines) is 1. The molecule has 176 valence electrons. The van der Waals surface area contributed by atoms with Crippen LogP contribution in [0.5, 0.6) is 0 Å². The number of hydrogen-bond acceptors (Lipinski definition) is 4. The van der Waals surface area contributed by atoms with Gasteiger partial charge < -0.3 is 14.5 Å². The van der Waals surface area contributed by atoms with E-state index in [0.717, 1.165) is 42.6 Å². The molecule has 2 aromatic rings. The van der Waals surface area contributed by atoms with E-state index in [1.165, 1.54) is 0 Å². The van der Waals surface area contributed by atoms with Crippen molar-refractivity contribution in [1.82, 2.24) is 14.8 Å². The lowest BCUT2D eigenvalue weighted by Gasteiger charge is -2.44. The Morgan fingerprint density at radius 1 is 1.03 bits per heavy atom. The molecule has 1 aromatic heterocycles. The van der Waals surface area contributed by atoms with Crippen LogP contribution in [0.4, 0.5) is 0 Å². The molecule has 0 N–H and O–H groups in total. The summed E-state index contributed by atoms with van der Waals surface area (Å²) in [5.74, 6) is 0.105. The fourth-order valence-electron chi connectivity index (χ4n) is 4.81. The summed E-state index contributed by atoms with van der Waals surface area (Å²) in [6.45, 7) is 8.92. The van der Waals surface area contributed by atoms with E-state index in [1.54, 1.807) is 6.20 Å². The summed E-state index contributed by atoms with van der Waals surface area (Å²) in [5.41, 5.74) is 1.96. The minimum atomic E-state index is -1.05. The minimum Gasteiger partial charge on any atom is -0.361 e. The van der Waals surface area contributed by atoms with Gasteiger partial charge in [-0.15, -0.1) is 0 Å². The quantitative estimate of drug-likeness (QED) is 0.694. The Kier molecular flexibility index (Phi) is 6.84. The highest BCUT2D eigenvalue weighted by Gasteiger charge is 2.47. The molecule has 2 aliphatic heterocycles. The number of carbonyl (C=O) groups excluding carboxylic acids is 2. The summed E-state index contributed by atoms with van der Waals surface area (Å²) >= 11 is 0. The monoisotopic (exact) mass is 449 g/mol. The number of ether oxygens (including phenoxy) is 1. The Hall–Kier alpha value is -2.73. The maximum absolute atomic E-state index is 13.8. The van der Waals surface area contributed by atoms with Gasteiger partial charge in [0.25, 0.3) is 5.91 Å². The van der Waals surface area contributed by atoms with Crippen LogP contribution in [0.2, 0.25) is 0 Å². The van der Waals surface area contributed by atoms with Gasteiger partial charge >= 0.3 is 0 Å². The zero-order valence-corrected chi connectivity index (χ0v) is 20.0. The van der Waals surface area contributed by atoms with Gasteiger partial charge in [0, 0.05) is 44.9 Å². The van der Waals surface area contributed by atoms with Crippen molar-refractivity contribution in [2.45, 2.75) is 52.1 Å². The molecule has 2 aliphatic rings. The minimum absolute atomic E-state index is 0.0139. The van der Waals surface area contributed by atoms with Crippen LogP contribution in [0.1, 0.15) is 45.6 Å². The van der Waals surface area contributed by atoms with Gasteiger partial charge in [-0.25, -0.2) is 0 Å². The average molecular weight is 450 g/mol. The van der Waals surface area contributed by atoms with Crippen molar-refractivity contribution in [2.24, 2.45) is 5.41 Å².